The molecule has 1 aliphatic rings. The van der Waals surface area contributed by atoms with Gasteiger partial charge in [0.25, 0.3) is 0 Å². The molecule has 0 bridgehead atoms. The summed E-state index contributed by atoms with van der Waals surface area (Å²) in [5.41, 5.74) is 0. The van der Waals surface area contributed by atoms with E-state index in [2.05, 4.69) is 17.6 Å². The van der Waals surface area contributed by atoms with Gasteiger partial charge in [-0.25, -0.2) is 0 Å². The topological polar surface area (TPSA) is 61.4 Å². The zero-order valence-electron chi connectivity index (χ0n) is 9.32. The van der Waals surface area contributed by atoms with Crippen molar-refractivity contribution >= 4 is 17.7 Å². The standard InChI is InChI=1S/C10H20N2O2S/c1-3-15-6-7(2)12-10(14)9-4-8(13)5-11-9/h7-9,11,13H,3-6H2,1-2H3,(H,12,14). The molecule has 0 aromatic rings. The third-order valence-corrected chi connectivity index (χ3v) is 3.53. The van der Waals surface area contributed by atoms with Crippen LogP contribution >= 0.6 is 11.8 Å². The van der Waals surface area contributed by atoms with E-state index in [0.717, 1.165) is 11.5 Å². The molecule has 0 aliphatic carbocycles. The van der Waals surface area contributed by atoms with Crippen LogP contribution in [0.4, 0.5) is 0 Å². The van der Waals surface area contributed by atoms with Crippen LogP contribution in [0.25, 0.3) is 0 Å². The zero-order chi connectivity index (χ0) is 11.3. The van der Waals surface area contributed by atoms with E-state index in [4.69, 9.17) is 0 Å². The lowest BCUT2D eigenvalue weighted by molar-refractivity contribution is -0.123. The summed E-state index contributed by atoms with van der Waals surface area (Å²) in [5.74, 6) is 2.02. The Labute approximate surface area is 95.2 Å². The second kappa shape index (κ2) is 6.35. The van der Waals surface area contributed by atoms with Crippen LogP contribution in [-0.2, 0) is 4.79 Å². The van der Waals surface area contributed by atoms with Crippen molar-refractivity contribution in [1.29, 1.82) is 0 Å². The highest BCUT2D eigenvalue weighted by atomic mass is 32.2. The third kappa shape index (κ3) is 4.40. The van der Waals surface area contributed by atoms with Gasteiger partial charge in [-0.2, -0.15) is 11.8 Å². The Hall–Kier alpha value is -0.260. The van der Waals surface area contributed by atoms with Crippen LogP contribution < -0.4 is 10.6 Å². The van der Waals surface area contributed by atoms with Gasteiger partial charge < -0.3 is 15.7 Å². The molecule has 3 atom stereocenters. The monoisotopic (exact) mass is 232 g/mol. The van der Waals surface area contributed by atoms with Gasteiger partial charge in [0.05, 0.1) is 12.1 Å². The van der Waals surface area contributed by atoms with Crippen LogP contribution in [0.15, 0.2) is 0 Å². The zero-order valence-corrected chi connectivity index (χ0v) is 10.1. The predicted molar refractivity (Wildman–Crippen MR) is 63.0 cm³/mol. The molecule has 5 heteroatoms. The molecular weight excluding hydrogens is 212 g/mol. The van der Waals surface area contributed by atoms with E-state index in [1.54, 1.807) is 0 Å². The van der Waals surface area contributed by atoms with Crippen molar-refractivity contribution in [3.05, 3.63) is 0 Å². The number of amides is 1. The first-order valence-electron chi connectivity index (χ1n) is 5.43. The van der Waals surface area contributed by atoms with E-state index >= 15 is 0 Å². The molecule has 1 aliphatic heterocycles. The molecule has 0 aromatic heterocycles. The van der Waals surface area contributed by atoms with Crippen molar-refractivity contribution in [2.45, 2.75) is 38.5 Å². The molecule has 1 amide bonds. The number of aliphatic hydroxyl groups is 1. The van der Waals surface area contributed by atoms with E-state index in [9.17, 15) is 9.90 Å². The molecule has 0 spiro atoms. The van der Waals surface area contributed by atoms with Crippen molar-refractivity contribution in [2.75, 3.05) is 18.1 Å². The highest BCUT2D eigenvalue weighted by molar-refractivity contribution is 7.99. The number of nitrogens with one attached hydrogen (secondary N) is 2. The number of thioether (sulfide) groups is 1. The number of carbonyl (C=O) groups is 1. The molecule has 15 heavy (non-hydrogen) atoms. The average Bonchev–Trinajstić information content (AvgIpc) is 2.61. The van der Waals surface area contributed by atoms with Crippen LogP contribution in [0, 0.1) is 0 Å². The van der Waals surface area contributed by atoms with Crippen molar-refractivity contribution in [1.82, 2.24) is 10.6 Å². The van der Waals surface area contributed by atoms with E-state index in [1.807, 2.05) is 18.7 Å². The van der Waals surface area contributed by atoms with Crippen LogP contribution in [0.2, 0.25) is 0 Å². The summed E-state index contributed by atoms with van der Waals surface area (Å²) >= 11 is 1.82. The first kappa shape index (κ1) is 12.8. The lowest BCUT2D eigenvalue weighted by Gasteiger charge is -2.16. The molecule has 1 heterocycles. The SMILES string of the molecule is CCSCC(C)NC(=O)C1CC(O)CN1. The van der Waals surface area contributed by atoms with Gasteiger partial charge in [0.1, 0.15) is 0 Å². The van der Waals surface area contributed by atoms with Gasteiger partial charge >= 0.3 is 0 Å². The normalized spacial score (nSPS) is 27.7. The van der Waals surface area contributed by atoms with E-state index < -0.39 is 0 Å². The molecule has 1 rings (SSSR count). The van der Waals surface area contributed by atoms with Crippen molar-refractivity contribution in [3.8, 4) is 0 Å². The second-order valence-corrected chi connectivity index (χ2v) is 5.24. The Bertz CT molecular complexity index is 214. The van der Waals surface area contributed by atoms with E-state index in [-0.39, 0.29) is 24.1 Å². The van der Waals surface area contributed by atoms with E-state index in [1.165, 1.54) is 0 Å². The number of hydrogen-bond donors (Lipinski definition) is 3. The molecule has 0 saturated carbocycles. The summed E-state index contributed by atoms with van der Waals surface area (Å²) in [6, 6.07) is -0.0175. The number of rotatable bonds is 5. The first-order valence-corrected chi connectivity index (χ1v) is 6.58. The van der Waals surface area contributed by atoms with Gasteiger partial charge in [-0.3, -0.25) is 4.79 Å². The largest absolute Gasteiger partial charge is 0.392 e. The van der Waals surface area contributed by atoms with E-state index in [0.29, 0.717) is 13.0 Å². The maximum Gasteiger partial charge on any atom is 0.237 e. The lowest BCUT2D eigenvalue weighted by Crippen LogP contribution is -2.45. The maximum atomic E-state index is 11.7. The summed E-state index contributed by atoms with van der Waals surface area (Å²) < 4.78 is 0. The maximum absolute atomic E-state index is 11.7. The van der Waals surface area contributed by atoms with Crippen LogP contribution in [0.3, 0.4) is 0 Å². The first-order chi connectivity index (χ1) is 7.13. The fraction of sp³-hybridized carbons (Fsp3) is 0.900. The second-order valence-electron chi connectivity index (χ2n) is 3.92. The molecular formula is C10H20N2O2S. The number of aliphatic hydroxyl groups excluding tert-OH is 1. The summed E-state index contributed by atoms with van der Waals surface area (Å²) in [5, 5.41) is 15.2. The summed E-state index contributed by atoms with van der Waals surface area (Å²) in [6.45, 7) is 4.64. The minimum Gasteiger partial charge on any atom is -0.392 e. The van der Waals surface area contributed by atoms with Crippen molar-refractivity contribution < 1.29 is 9.90 Å². The van der Waals surface area contributed by atoms with Crippen molar-refractivity contribution in [2.24, 2.45) is 0 Å². The molecule has 4 nitrogen and oxygen atoms in total. The minimum absolute atomic E-state index is 0.00996. The summed E-state index contributed by atoms with van der Waals surface area (Å²) in [4.78, 5) is 11.7. The highest BCUT2D eigenvalue weighted by Crippen LogP contribution is 2.07. The Morgan fingerprint density at radius 2 is 2.47 bits per heavy atom. The van der Waals surface area contributed by atoms with Crippen LogP contribution in [-0.4, -0.2) is 47.3 Å². The Morgan fingerprint density at radius 3 is 3.00 bits per heavy atom. The van der Waals surface area contributed by atoms with Crippen LogP contribution in [0.5, 0.6) is 0 Å². The predicted octanol–water partition coefficient (Wildman–Crippen LogP) is -0.0330. The molecule has 88 valence electrons. The van der Waals surface area contributed by atoms with Gasteiger partial charge in [0, 0.05) is 18.3 Å². The Kier molecular flexibility index (Phi) is 5.42. The van der Waals surface area contributed by atoms with Crippen molar-refractivity contribution in [3.63, 3.8) is 0 Å². The Balaban J connectivity index is 2.23. The average molecular weight is 232 g/mol. The minimum atomic E-state index is -0.374. The lowest BCUT2D eigenvalue weighted by atomic mass is 10.2. The van der Waals surface area contributed by atoms with Gasteiger partial charge in [-0.1, -0.05) is 6.92 Å². The van der Waals surface area contributed by atoms with Gasteiger partial charge in [-0.15, -0.1) is 0 Å². The van der Waals surface area contributed by atoms with Gasteiger partial charge in [0.15, 0.2) is 0 Å². The molecule has 1 fully saturated rings. The molecule has 0 aromatic carbocycles. The quantitative estimate of drug-likeness (QED) is 0.623. The summed E-state index contributed by atoms with van der Waals surface area (Å²) in [7, 11) is 0. The highest BCUT2D eigenvalue weighted by Gasteiger charge is 2.28. The van der Waals surface area contributed by atoms with Gasteiger partial charge in [-0.05, 0) is 19.1 Å². The molecule has 3 unspecified atom stereocenters. The number of hydrogen-bond acceptors (Lipinski definition) is 4. The third-order valence-electron chi connectivity index (χ3n) is 2.38. The smallest absolute Gasteiger partial charge is 0.237 e. The Morgan fingerprint density at radius 1 is 1.73 bits per heavy atom. The fourth-order valence-electron chi connectivity index (χ4n) is 1.60. The van der Waals surface area contributed by atoms with Gasteiger partial charge in [0.2, 0.25) is 5.91 Å². The fourth-order valence-corrected chi connectivity index (χ4v) is 2.27. The molecule has 1 saturated heterocycles. The summed E-state index contributed by atoms with van der Waals surface area (Å²) in [6.07, 6.45) is 0.153. The molecule has 0 radical (unpaired) electrons. The van der Waals surface area contributed by atoms with Crippen LogP contribution in [0.1, 0.15) is 20.3 Å². The number of carbonyl (C=O) groups excluding carboxylic acids is 1. The molecule has 3 N–H and O–H groups in total. The number of β-amino-alcohol motifs (C(OH)–C–C–N with tert-alkyl or cyclic N) is 1.